The van der Waals surface area contributed by atoms with Crippen LogP contribution in [0.4, 0.5) is 5.69 Å². The lowest BCUT2D eigenvalue weighted by Crippen LogP contribution is -2.30. The minimum Gasteiger partial charge on any atom is -0.451 e. The van der Waals surface area contributed by atoms with Crippen LogP contribution in [0, 0.1) is 25.2 Å². The molecule has 0 bridgehead atoms. The number of nitrogens with one attached hydrogen (secondary N) is 1. The van der Waals surface area contributed by atoms with Crippen LogP contribution >= 0.6 is 0 Å². The Morgan fingerprint density at radius 3 is 2.32 bits per heavy atom. The summed E-state index contributed by atoms with van der Waals surface area (Å²) in [4.78, 5) is 38.6. The number of nitrogens with zero attached hydrogens (tertiary/aromatic N) is 3. The number of anilines is 1. The van der Waals surface area contributed by atoms with E-state index in [0.29, 0.717) is 24.3 Å². The molecule has 0 atom stereocenters. The van der Waals surface area contributed by atoms with Crippen molar-refractivity contribution in [3.05, 3.63) is 58.4 Å². The summed E-state index contributed by atoms with van der Waals surface area (Å²) in [7, 11) is 0. The fourth-order valence-corrected chi connectivity index (χ4v) is 3.63. The van der Waals surface area contributed by atoms with Crippen molar-refractivity contribution >= 4 is 29.5 Å². The average Bonchev–Trinajstić information content (AvgIpc) is 3.09. The molecule has 1 N–H and O–H groups in total. The minimum atomic E-state index is -0.863. The largest absolute Gasteiger partial charge is 0.451 e. The van der Waals surface area contributed by atoms with E-state index in [1.807, 2.05) is 39.8 Å². The van der Waals surface area contributed by atoms with Gasteiger partial charge < -0.3 is 19.5 Å². The van der Waals surface area contributed by atoms with Crippen molar-refractivity contribution in [3.63, 3.8) is 0 Å². The maximum Gasteiger partial charge on any atom is 0.349 e. The molecule has 2 aromatic rings. The number of carbonyl (C=O) groups excluding carboxylic acids is 3. The number of hydrogen-bond acceptors (Lipinski definition) is 5. The van der Waals surface area contributed by atoms with Crippen molar-refractivity contribution < 1.29 is 19.1 Å². The predicted octanol–water partition coefficient (Wildman–Crippen LogP) is 4.09. The van der Waals surface area contributed by atoms with Gasteiger partial charge in [-0.15, -0.1) is 0 Å². The van der Waals surface area contributed by atoms with Crippen LogP contribution in [0.2, 0.25) is 0 Å². The first kappa shape index (κ1) is 26.4. The molecule has 0 fully saturated rings. The molecule has 0 unspecified atom stereocenters. The Morgan fingerprint density at radius 1 is 1.12 bits per heavy atom. The van der Waals surface area contributed by atoms with Gasteiger partial charge in [0.25, 0.3) is 11.8 Å². The molecule has 8 nitrogen and oxygen atoms in total. The van der Waals surface area contributed by atoms with Gasteiger partial charge in [-0.3, -0.25) is 9.59 Å². The Balaban J connectivity index is 1.98. The van der Waals surface area contributed by atoms with Gasteiger partial charge in [0.15, 0.2) is 6.61 Å². The first-order valence-electron chi connectivity index (χ1n) is 11.4. The first-order chi connectivity index (χ1) is 16.2. The summed E-state index contributed by atoms with van der Waals surface area (Å²) in [5, 5.41) is 12.0. The van der Waals surface area contributed by atoms with Crippen LogP contribution in [-0.4, -0.2) is 46.9 Å². The molecule has 34 heavy (non-hydrogen) atoms. The summed E-state index contributed by atoms with van der Waals surface area (Å²) in [6.07, 6.45) is 2.46. The number of esters is 1. The topological polar surface area (TPSA) is 104 Å². The number of ether oxygens (including phenoxy) is 1. The summed E-state index contributed by atoms with van der Waals surface area (Å²) in [6, 6.07) is 10.3. The normalized spacial score (nSPS) is 11.0. The van der Waals surface area contributed by atoms with Crippen LogP contribution in [0.5, 0.6) is 0 Å². The number of aryl methyl sites for hydroxylation is 1. The summed E-state index contributed by atoms with van der Waals surface area (Å²) in [6.45, 7) is 11.4. The van der Waals surface area contributed by atoms with E-state index in [2.05, 4.69) is 16.8 Å². The smallest absolute Gasteiger partial charge is 0.349 e. The first-order valence-corrected chi connectivity index (χ1v) is 11.4. The predicted molar refractivity (Wildman–Crippen MR) is 131 cm³/mol. The fraction of sp³-hybridized carbons (Fsp3) is 0.385. The fourth-order valence-electron chi connectivity index (χ4n) is 3.63. The highest BCUT2D eigenvalue weighted by atomic mass is 16.5. The monoisotopic (exact) mass is 464 g/mol. The number of amides is 2. The van der Waals surface area contributed by atoms with Crippen molar-refractivity contribution in [1.82, 2.24) is 9.47 Å². The van der Waals surface area contributed by atoms with Crippen LogP contribution in [0.1, 0.15) is 54.5 Å². The van der Waals surface area contributed by atoms with Gasteiger partial charge >= 0.3 is 5.97 Å². The Bertz CT molecular complexity index is 1100. The molecule has 2 rings (SSSR count). The molecule has 1 heterocycles. The molecule has 0 aliphatic rings. The molecular formula is C26H32N4O4. The zero-order valence-corrected chi connectivity index (χ0v) is 20.5. The summed E-state index contributed by atoms with van der Waals surface area (Å²) < 4.78 is 7.16. The van der Waals surface area contributed by atoms with Gasteiger partial charge in [-0.2, -0.15) is 5.26 Å². The lowest BCUT2D eigenvalue weighted by Gasteiger charge is -2.18. The Morgan fingerprint density at radius 2 is 1.76 bits per heavy atom. The maximum absolute atomic E-state index is 12.4. The zero-order valence-electron chi connectivity index (χ0n) is 20.5. The molecular weight excluding hydrogens is 432 g/mol. The van der Waals surface area contributed by atoms with Crippen molar-refractivity contribution in [2.75, 3.05) is 25.0 Å². The molecule has 180 valence electrons. The number of nitriles is 1. The van der Waals surface area contributed by atoms with Crippen LogP contribution in [0.3, 0.4) is 0 Å². The highest BCUT2D eigenvalue weighted by Gasteiger charge is 2.16. The third-order valence-electron chi connectivity index (χ3n) is 5.50. The van der Waals surface area contributed by atoms with E-state index >= 15 is 0 Å². The third kappa shape index (κ3) is 6.58. The van der Waals surface area contributed by atoms with Crippen molar-refractivity contribution in [2.45, 2.75) is 47.6 Å². The SMILES string of the molecule is CCCn1c(C)cc(/C=C(\C#N)C(=O)OCC(=O)Nc2ccc(C(=O)N(CC)CC)cc2)c1C. The summed E-state index contributed by atoms with van der Waals surface area (Å²) >= 11 is 0. The molecule has 0 saturated carbocycles. The third-order valence-corrected chi connectivity index (χ3v) is 5.50. The molecule has 1 aromatic carbocycles. The van der Waals surface area contributed by atoms with E-state index in [1.165, 1.54) is 6.08 Å². The summed E-state index contributed by atoms with van der Waals surface area (Å²) in [5.41, 5.74) is 3.58. The van der Waals surface area contributed by atoms with E-state index in [1.54, 1.807) is 29.2 Å². The molecule has 8 heteroatoms. The van der Waals surface area contributed by atoms with E-state index in [9.17, 15) is 19.6 Å². The second kappa shape index (κ2) is 12.4. The van der Waals surface area contributed by atoms with Gasteiger partial charge in [0.1, 0.15) is 11.6 Å². The standard InChI is InChI=1S/C26H32N4O4/c1-6-13-30-18(4)14-21(19(30)5)15-22(16-27)26(33)34-17-24(31)28-23-11-9-20(10-12-23)25(32)29(7-2)8-3/h9-12,14-15H,6-8,13,17H2,1-5H3,(H,28,31)/b22-15+. The van der Waals surface area contributed by atoms with Crippen molar-refractivity contribution in [3.8, 4) is 6.07 Å². The highest BCUT2D eigenvalue weighted by Crippen LogP contribution is 2.19. The maximum atomic E-state index is 12.4. The van der Waals surface area contributed by atoms with Gasteiger partial charge in [-0.25, -0.2) is 4.79 Å². The molecule has 0 spiro atoms. The summed E-state index contributed by atoms with van der Waals surface area (Å²) in [5.74, 6) is -1.49. The molecule has 0 radical (unpaired) electrons. The number of carbonyl (C=O) groups is 3. The van der Waals surface area contributed by atoms with Crippen LogP contribution in [0.15, 0.2) is 35.9 Å². The van der Waals surface area contributed by atoms with Gasteiger partial charge in [0.05, 0.1) is 0 Å². The van der Waals surface area contributed by atoms with Crippen molar-refractivity contribution in [1.29, 1.82) is 5.26 Å². The zero-order chi connectivity index (χ0) is 25.3. The van der Waals surface area contributed by atoms with Crippen LogP contribution in [0.25, 0.3) is 6.08 Å². The molecule has 0 aliphatic carbocycles. The molecule has 1 aromatic heterocycles. The Hall–Kier alpha value is -3.86. The van der Waals surface area contributed by atoms with Crippen molar-refractivity contribution in [2.24, 2.45) is 0 Å². The van der Waals surface area contributed by atoms with Gasteiger partial charge in [-0.1, -0.05) is 6.92 Å². The van der Waals surface area contributed by atoms with E-state index in [0.717, 1.165) is 29.9 Å². The number of hydrogen-bond donors (Lipinski definition) is 1. The molecule has 0 aliphatic heterocycles. The second-order valence-electron chi connectivity index (χ2n) is 7.83. The van der Waals surface area contributed by atoms with E-state index in [4.69, 9.17) is 4.74 Å². The number of benzene rings is 1. The number of rotatable bonds is 10. The molecule has 2 amide bonds. The highest BCUT2D eigenvalue weighted by molar-refractivity contribution is 6.00. The van der Waals surface area contributed by atoms with Gasteiger partial charge in [-0.05, 0) is 76.1 Å². The Kier molecular flexibility index (Phi) is 9.62. The van der Waals surface area contributed by atoms with E-state index < -0.39 is 18.5 Å². The number of aromatic nitrogens is 1. The van der Waals surface area contributed by atoms with Gasteiger partial charge in [0, 0.05) is 42.3 Å². The van der Waals surface area contributed by atoms with E-state index in [-0.39, 0.29) is 11.5 Å². The lowest BCUT2D eigenvalue weighted by atomic mass is 10.1. The lowest BCUT2D eigenvalue weighted by molar-refractivity contribution is -0.142. The van der Waals surface area contributed by atoms with Crippen LogP contribution < -0.4 is 5.32 Å². The van der Waals surface area contributed by atoms with Crippen LogP contribution in [-0.2, 0) is 20.9 Å². The second-order valence-corrected chi connectivity index (χ2v) is 7.83. The van der Waals surface area contributed by atoms with Gasteiger partial charge in [0.2, 0.25) is 0 Å². The molecule has 0 saturated heterocycles. The average molecular weight is 465 g/mol. The Labute approximate surface area is 200 Å². The minimum absolute atomic E-state index is 0.0805. The quantitative estimate of drug-likeness (QED) is 0.324.